The molecular formula is C13H15FN2O2. The Morgan fingerprint density at radius 3 is 2.50 bits per heavy atom. The van der Waals surface area contributed by atoms with Gasteiger partial charge in [0.2, 0.25) is 12.3 Å². The SMILES string of the molecule is O=CN1CCN(C(=O)Cc2ccccc2F)CC1. The van der Waals surface area contributed by atoms with Gasteiger partial charge >= 0.3 is 0 Å². The van der Waals surface area contributed by atoms with Crippen LogP contribution in [0.1, 0.15) is 5.56 Å². The summed E-state index contributed by atoms with van der Waals surface area (Å²) in [4.78, 5) is 25.8. The van der Waals surface area contributed by atoms with Crippen LogP contribution in [0.3, 0.4) is 0 Å². The lowest BCUT2D eigenvalue weighted by molar-refractivity contribution is -0.134. The molecule has 2 rings (SSSR count). The lowest BCUT2D eigenvalue weighted by Gasteiger charge is -2.32. The number of halogens is 1. The quantitative estimate of drug-likeness (QED) is 0.740. The molecule has 0 atom stereocenters. The number of hydrogen-bond acceptors (Lipinski definition) is 2. The molecule has 4 nitrogen and oxygen atoms in total. The minimum Gasteiger partial charge on any atom is -0.342 e. The summed E-state index contributed by atoms with van der Waals surface area (Å²) in [6.07, 6.45) is 0.868. The molecule has 0 unspecified atom stereocenters. The van der Waals surface area contributed by atoms with Crippen molar-refractivity contribution in [3.8, 4) is 0 Å². The molecule has 1 saturated heterocycles. The maximum atomic E-state index is 13.4. The predicted molar refractivity (Wildman–Crippen MR) is 64.3 cm³/mol. The molecule has 0 N–H and O–H groups in total. The van der Waals surface area contributed by atoms with Crippen molar-refractivity contribution in [2.24, 2.45) is 0 Å². The Hall–Kier alpha value is -1.91. The van der Waals surface area contributed by atoms with E-state index in [9.17, 15) is 14.0 Å². The second-order valence-corrected chi connectivity index (χ2v) is 4.29. The zero-order chi connectivity index (χ0) is 13.0. The first-order chi connectivity index (χ1) is 8.70. The topological polar surface area (TPSA) is 40.6 Å². The van der Waals surface area contributed by atoms with Crippen molar-refractivity contribution >= 4 is 12.3 Å². The third kappa shape index (κ3) is 2.85. The maximum absolute atomic E-state index is 13.4. The van der Waals surface area contributed by atoms with E-state index in [1.807, 2.05) is 0 Å². The fourth-order valence-corrected chi connectivity index (χ4v) is 1.99. The maximum Gasteiger partial charge on any atom is 0.227 e. The van der Waals surface area contributed by atoms with E-state index in [0.29, 0.717) is 31.7 Å². The lowest BCUT2D eigenvalue weighted by atomic mass is 10.1. The number of benzene rings is 1. The first-order valence-electron chi connectivity index (χ1n) is 5.91. The summed E-state index contributed by atoms with van der Waals surface area (Å²) < 4.78 is 13.4. The highest BCUT2D eigenvalue weighted by atomic mass is 19.1. The van der Waals surface area contributed by atoms with Gasteiger partial charge in [0.15, 0.2) is 0 Å². The molecular weight excluding hydrogens is 235 g/mol. The molecule has 1 heterocycles. The Bertz CT molecular complexity index is 442. The van der Waals surface area contributed by atoms with Gasteiger partial charge in [-0.1, -0.05) is 18.2 Å². The fourth-order valence-electron chi connectivity index (χ4n) is 1.99. The summed E-state index contributed by atoms with van der Waals surface area (Å²) in [5, 5.41) is 0. The molecule has 0 bridgehead atoms. The largest absolute Gasteiger partial charge is 0.342 e. The van der Waals surface area contributed by atoms with Crippen LogP contribution in [0.2, 0.25) is 0 Å². The second-order valence-electron chi connectivity index (χ2n) is 4.29. The van der Waals surface area contributed by atoms with Gasteiger partial charge in [0.05, 0.1) is 6.42 Å². The molecule has 5 heteroatoms. The molecule has 1 aromatic carbocycles. The van der Waals surface area contributed by atoms with Crippen LogP contribution in [-0.2, 0) is 16.0 Å². The first kappa shape index (κ1) is 12.5. The van der Waals surface area contributed by atoms with Gasteiger partial charge in [0.25, 0.3) is 0 Å². The Kier molecular flexibility index (Phi) is 3.92. The molecule has 0 aromatic heterocycles. The van der Waals surface area contributed by atoms with Gasteiger partial charge in [-0.15, -0.1) is 0 Å². The summed E-state index contributed by atoms with van der Waals surface area (Å²) in [6.45, 7) is 2.14. The smallest absolute Gasteiger partial charge is 0.227 e. The van der Waals surface area contributed by atoms with E-state index in [0.717, 1.165) is 6.41 Å². The predicted octanol–water partition coefficient (Wildman–Crippen LogP) is 0.669. The third-order valence-electron chi connectivity index (χ3n) is 3.12. The van der Waals surface area contributed by atoms with E-state index in [4.69, 9.17) is 0 Å². The molecule has 2 amide bonds. The molecule has 1 aliphatic rings. The minimum atomic E-state index is -0.350. The average Bonchev–Trinajstić information content (AvgIpc) is 2.41. The van der Waals surface area contributed by atoms with Gasteiger partial charge in [-0.05, 0) is 11.6 Å². The lowest BCUT2D eigenvalue weighted by Crippen LogP contribution is -2.48. The number of amides is 2. The van der Waals surface area contributed by atoms with Crippen molar-refractivity contribution in [3.63, 3.8) is 0 Å². The molecule has 1 fully saturated rings. The van der Waals surface area contributed by atoms with E-state index in [1.54, 1.807) is 28.0 Å². The normalized spacial score (nSPS) is 15.6. The number of hydrogen-bond donors (Lipinski definition) is 0. The van der Waals surface area contributed by atoms with Crippen LogP contribution in [0, 0.1) is 5.82 Å². The molecule has 0 saturated carbocycles. The van der Waals surface area contributed by atoms with E-state index in [1.165, 1.54) is 6.07 Å². The average molecular weight is 250 g/mol. The van der Waals surface area contributed by atoms with Crippen molar-refractivity contribution in [2.45, 2.75) is 6.42 Å². The molecule has 0 aliphatic carbocycles. The molecule has 1 aromatic rings. The van der Waals surface area contributed by atoms with Gasteiger partial charge in [0.1, 0.15) is 5.82 Å². The van der Waals surface area contributed by atoms with Gasteiger partial charge in [-0.3, -0.25) is 9.59 Å². The molecule has 1 aliphatic heterocycles. The summed E-state index contributed by atoms with van der Waals surface area (Å²) in [7, 11) is 0. The fraction of sp³-hybridized carbons (Fsp3) is 0.385. The van der Waals surface area contributed by atoms with E-state index < -0.39 is 0 Å². The first-order valence-corrected chi connectivity index (χ1v) is 5.91. The number of carbonyl (C=O) groups excluding carboxylic acids is 2. The van der Waals surface area contributed by atoms with E-state index in [-0.39, 0.29) is 18.1 Å². The van der Waals surface area contributed by atoms with Crippen LogP contribution >= 0.6 is 0 Å². The van der Waals surface area contributed by atoms with Gasteiger partial charge in [0, 0.05) is 26.2 Å². The number of rotatable bonds is 3. The van der Waals surface area contributed by atoms with Crippen LogP contribution in [0.4, 0.5) is 4.39 Å². The highest BCUT2D eigenvalue weighted by Gasteiger charge is 2.20. The van der Waals surface area contributed by atoms with Crippen molar-refractivity contribution in [1.82, 2.24) is 9.80 Å². The van der Waals surface area contributed by atoms with Crippen LogP contribution in [0.15, 0.2) is 24.3 Å². The zero-order valence-corrected chi connectivity index (χ0v) is 10.0. The van der Waals surface area contributed by atoms with E-state index >= 15 is 0 Å². The highest BCUT2D eigenvalue weighted by Crippen LogP contribution is 2.10. The molecule has 0 radical (unpaired) electrons. The highest BCUT2D eigenvalue weighted by molar-refractivity contribution is 5.79. The van der Waals surface area contributed by atoms with Crippen LogP contribution in [0.25, 0.3) is 0 Å². The van der Waals surface area contributed by atoms with Gasteiger partial charge in [-0.2, -0.15) is 0 Å². The monoisotopic (exact) mass is 250 g/mol. The molecule has 18 heavy (non-hydrogen) atoms. The molecule has 0 spiro atoms. The van der Waals surface area contributed by atoms with Crippen molar-refractivity contribution in [2.75, 3.05) is 26.2 Å². The Balaban J connectivity index is 1.93. The minimum absolute atomic E-state index is 0.0771. The van der Waals surface area contributed by atoms with Crippen molar-refractivity contribution in [1.29, 1.82) is 0 Å². The van der Waals surface area contributed by atoms with Gasteiger partial charge < -0.3 is 9.80 Å². The van der Waals surface area contributed by atoms with Gasteiger partial charge in [-0.25, -0.2) is 4.39 Å². The molecule has 96 valence electrons. The number of piperazine rings is 1. The summed E-state index contributed by atoms with van der Waals surface area (Å²) in [6, 6.07) is 6.30. The number of carbonyl (C=O) groups is 2. The Morgan fingerprint density at radius 2 is 1.89 bits per heavy atom. The Morgan fingerprint density at radius 1 is 1.22 bits per heavy atom. The van der Waals surface area contributed by atoms with E-state index in [2.05, 4.69) is 0 Å². The van der Waals surface area contributed by atoms with Crippen molar-refractivity contribution < 1.29 is 14.0 Å². The summed E-state index contributed by atoms with van der Waals surface area (Å²) >= 11 is 0. The third-order valence-corrected chi connectivity index (χ3v) is 3.12. The van der Waals surface area contributed by atoms with Crippen LogP contribution in [0.5, 0.6) is 0 Å². The zero-order valence-electron chi connectivity index (χ0n) is 10.0. The van der Waals surface area contributed by atoms with Crippen LogP contribution in [-0.4, -0.2) is 48.3 Å². The van der Waals surface area contributed by atoms with Crippen LogP contribution < -0.4 is 0 Å². The summed E-state index contributed by atoms with van der Waals surface area (Å²) in [5.74, 6) is -0.442. The standard InChI is InChI=1S/C13H15FN2O2/c14-12-4-2-1-3-11(12)9-13(18)16-7-5-15(10-17)6-8-16/h1-4,10H,5-9H2. The Labute approximate surface area is 105 Å². The van der Waals surface area contributed by atoms with Crippen molar-refractivity contribution in [3.05, 3.63) is 35.6 Å². The second kappa shape index (κ2) is 5.62. The summed E-state index contributed by atoms with van der Waals surface area (Å²) in [5.41, 5.74) is 0.417. The number of nitrogens with zero attached hydrogens (tertiary/aromatic N) is 2.